The van der Waals surface area contributed by atoms with E-state index >= 15 is 0 Å². The smallest absolute Gasteiger partial charge is 0.220 e. The first-order chi connectivity index (χ1) is 10.6. The Morgan fingerprint density at radius 3 is 2.68 bits per heavy atom. The normalized spacial score (nSPS) is 28.4. The van der Waals surface area contributed by atoms with Crippen LogP contribution in [-0.4, -0.2) is 29.6 Å². The van der Waals surface area contributed by atoms with E-state index in [-0.39, 0.29) is 18.0 Å². The van der Waals surface area contributed by atoms with Crippen LogP contribution in [0.4, 0.5) is 4.39 Å². The molecule has 1 aromatic carbocycles. The van der Waals surface area contributed by atoms with Gasteiger partial charge < -0.3 is 15.7 Å². The van der Waals surface area contributed by atoms with Gasteiger partial charge in [-0.05, 0) is 37.7 Å². The van der Waals surface area contributed by atoms with Gasteiger partial charge in [-0.25, -0.2) is 4.39 Å². The van der Waals surface area contributed by atoms with Gasteiger partial charge in [0.15, 0.2) is 0 Å². The van der Waals surface area contributed by atoms with Crippen molar-refractivity contribution in [2.75, 3.05) is 6.54 Å². The Kier molecular flexibility index (Phi) is 4.74. The van der Waals surface area contributed by atoms with Crippen LogP contribution in [0.1, 0.15) is 43.8 Å². The van der Waals surface area contributed by atoms with E-state index in [0.717, 1.165) is 12.8 Å². The number of hydrogen-bond donors (Lipinski definition) is 3. The molecular formula is C17H23FN2O2. The van der Waals surface area contributed by atoms with E-state index in [9.17, 15) is 14.3 Å². The number of aliphatic hydroxyl groups is 1. The molecule has 2 heterocycles. The first-order valence-corrected chi connectivity index (χ1v) is 8.07. The first kappa shape index (κ1) is 15.4. The molecule has 2 aliphatic rings. The molecule has 22 heavy (non-hydrogen) atoms. The summed E-state index contributed by atoms with van der Waals surface area (Å²) < 4.78 is 13.6. The zero-order valence-corrected chi connectivity index (χ0v) is 12.6. The fourth-order valence-electron chi connectivity index (χ4n) is 3.74. The molecule has 0 aromatic heterocycles. The predicted molar refractivity (Wildman–Crippen MR) is 81.7 cm³/mol. The Balaban J connectivity index is 1.45. The van der Waals surface area contributed by atoms with E-state index in [0.29, 0.717) is 24.4 Å². The SMILES string of the molecule is O=C(CC1CC2CCC(C1)N2)NCC(O)c1ccccc1F. The average Bonchev–Trinajstić information content (AvgIpc) is 2.84. The van der Waals surface area contributed by atoms with Crippen molar-refractivity contribution in [3.63, 3.8) is 0 Å². The molecule has 1 amide bonds. The molecule has 5 heteroatoms. The molecule has 2 bridgehead atoms. The number of benzene rings is 1. The number of carbonyl (C=O) groups is 1. The molecule has 2 aliphatic heterocycles. The number of amides is 1. The highest BCUT2D eigenvalue weighted by molar-refractivity contribution is 5.76. The fourth-order valence-corrected chi connectivity index (χ4v) is 3.74. The van der Waals surface area contributed by atoms with E-state index in [1.54, 1.807) is 12.1 Å². The Hall–Kier alpha value is -1.46. The molecule has 120 valence electrons. The van der Waals surface area contributed by atoms with Crippen LogP contribution in [0.2, 0.25) is 0 Å². The molecular weight excluding hydrogens is 283 g/mol. The Morgan fingerprint density at radius 1 is 1.32 bits per heavy atom. The molecule has 1 aromatic rings. The van der Waals surface area contributed by atoms with E-state index < -0.39 is 11.9 Å². The lowest BCUT2D eigenvalue weighted by atomic mass is 9.89. The number of fused-ring (bicyclic) bond motifs is 2. The molecule has 2 fully saturated rings. The van der Waals surface area contributed by atoms with E-state index in [1.165, 1.54) is 25.0 Å². The summed E-state index contributed by atoms with van der Waals surface area (Å²) >= 11 is 0. The van der Waals surface area contributed by atoms with Crippen molar-refractivity contribution in [2.45, 2.75) is 50.3 Å². The highest BCUT2D eigenvalue weighted by Gasteiger charge is 2.34. The maximum atomic E-state index is 13.6. The maximum absolute atomic E-state index is 13.6. The van der Waals surface area contributed by atoms with Gasteiger partial charge in [0, 0.05) is 30.6 Å². The van der Waals surface area contributed by atoms with Gasteiger partial charge in [0.05, 0.1) is 6.10 Å². The summed E-state index contributed by atoms with van der Waals surface area (Å²) in [5, 5.41) is 16.3. The minimum absolute atomic E-state index is 0.0532. The molecule has 0 aliphatic carbocycles. The lowest BCUT2D eigenvalue weighted by molar-refractivity contribution is -0.122. The van der Waals surface area contributed by atoms with Gasteiger partial charge in [-0.2, -0.15) is 0 Å². The number of hydrogen-bond acceptors (Lipinski definition) is 3. The largest absolute Gasteiger partial charge is 0.386 e. The van der Waals surface area contributed by atoms with Gasteiger partial charge in [0.25, 0.3) is 0 Å². The zero-order chi connectivity index (χ0) is 15.5. The molecule has 3 rings (SSSR count). The number of halogens is 1. The molecule has 0 radical (unpaired) electrons. The van der Waals surface area contributed by atoms with Gasteiger partial charge in [-0.15, -0.1) is 0 Å². The topological polar surface area (TPSA) is 61.4 Å². The molecule has 2 saturated heterocycles. The molecule has 4 nitrogen and oxygen atoms in total. The van der Waals surface area contributed by atoms with Crippen molar-refractivity contribution in [3.05, 3.63) is 35.6 Å². The summed E-state index contributed by atoms with van der Waals surface area (Å²) in [5.74, 6) is -0.0785. The second-order valence-electron chi connectivity index (χ2n) is 6.52. The van der Waals surface area contributed by atoms with Crippen molar-refractivity contribution in [2.24, 2.45) is 5.92 Å². The summed E-state index contributed by atoms with van der Waals surface area (Å²) in [6.07, 6.45) is 4.04. The van der Waals surface area contributed by atoms with Crippen LogP contribution < -0.4 is 10.6 Å². The van der Waals surface area contributed by atoms with E-state index in [4.69, 9.17) is 0 Å². The van der Waals surface area contributed by atoms with Gasteiger partial charge >= 0.3 is 0 Å². The Bertz CT molecular complexity index is 525. The van der Waals surface area contributed by atoms with Crippen LogP contribution in [0.25, 0.3) is 0 Å². The summed E-state index contributed by atoms with van der Waals surface area (Å²) in [7, 11) is 0. The first-order valence-electron chi connectivity index (χ1n) is 8.07. The van der Waals surface area contributed by atoms with Crippen molar-refractivity contribution >= 4 is 5.91 Å². The number of aliphatic hydroxyl groups excluding tert-OH is 1. The molecule has 3 N–H and O–H groups in total. The standard InChI is InChI=1S/C17H23FN2O2/c18-15-4-2-1-3-14(15)16(21)10-19-17(22)9-11-7-12-5-6-13(8-11)20-12/h1-4,11-13,16,20-21H,5-10H2,(H,19,22). The third-order valence-corrected chi connectivity index (χ3v) is 4.80. The zero-order valence-electron chi connectivity index (χ0n) is 12.6. The minimum atomic E-state index is -1.01. The summed E-state index contributed by atoms with van der Waals surface area (Å²) in [6, 6.07) is 7.24. The number of carbonyl (C=O) groups excluding carboxylic acids is 1. The number of rotatable bonds is 5. The van der Waals surface area contributed by atoms with Crippen LogP contribution in [0.15, 0.2) is 24.3 Å². The molecule has 0 saturated carbocycles. The third kappa shape index (κ3) is 3.65. The summed E-state index contributed by atoms with van der Waals surface area (Å²) in [6.45, 7) is 0.0532. The monoisotopic (exact) mass is 306 g/mol. The molecule has 3 unspecified atom stereocenters. The van der Waals surface area contributed by atoms with Gasteiger partial charge in [-0.1, -0.05) is 18.2 Å². The van der Waals surface area contributed by atoms with Crippen molar-refractivity contribution in [1.82, 2.24) is 10.6 Å². The fraction of sp³-hybridized carbons (Fsp3) is 0.588. The van der Waals surface area contributed by atoms with E-state index in [1.807, 2.05) is 0 Å². The minimum Gasteiger partial charge on any atom is -0.386 e. The molecule has 3 atom stereocenters. The highest BCUT2D eigenvalue weighted by Crippen LogP contribution is 2.32. The van der Waals surface area contributed by atoms with Crippen molar-refractivity contribution < 1.29 is 14.3 Å². The average molecular weight is 306 g/mol. The van der Waals surface area contributed by atoms with Crippen LogP contribution in [0, 0.1) is 11.7 Å². The Labute approximate surface area is 130 Å². The van der Waals surface area contributed by atoms with Gasteiger partial charge in [0.2, 0.25) is 5.91 Å². The van der Waals surface area contributed by atoms with Gasteiger partial charge in [0.1, 0.15) is 5.82 Å². The lowest BCUT2D eigenvalue weighted by Crippen LogP contribution is -2.40. The number of piperidine rings is 1. The van der Waals surface area contributed by atoms with Crippen molar-refractivity contribution in [3.8, 4) is 0 Å². The van der Waals surface area contributed by atoms with Crippen molar-refractivity contribution in [1.29, 1.82) is 0 Å². The highest BCUT2D eigenvalue weighted by atomic mass is 19.1. The maximum Gasteiger partial charge on any atom is 0.220 e. The van der Waals surface area contributed by atoms with Gasteiger partial charge in [-0.3, -0.25) is 4.79 Å². The lowest BCUT2D eigenvalue weighted by Gasteiger charge is -2.28. The van der Waals surface area contributed by atoms with Crippen LogP contribution in [-0.2, 0) is 4.79 Å². The Morgan fingerprint density at radius 2 is 2.00 bits per heavy atom. The quantitative estimate of drug-likeness (QED) is 0.778. The summed E-state index contributed by atoms with van der Waals surface area (Å²) in [5.41, 5.74) is 0.225. The second kappa shape index (κ2) is 6.75. The second-order valence-corrected chi connectivity index (χ2v) is 6.52. The molecule has 0 spiro atoms. The number of nitrogens with one attached hydrogen (secondary N) is 2. The van der Waals surface area contributed by atoms with Crippen LogP contribution in [0.5, 0.6) is 0 Å². The van der Waals surface area contributed by atoms with Crippen LogP contribution >= 0.6 is 0 Å². The summed E-state index contributed by atoms with van der Waals surface area (Å²) in [4.78, 5) is 12.0. The predicted octanol–water partition coefficient (Wildman–Crippen LogP) is 1.90. The van der Waals surface area contributed by atoms with E-state index in [2.05, 4.69) is 10.6 Å². The third-order valence-electron chi connectivity index (χ3n) is 4.80. The van der Waals surface area contributed by atoms with Crippen LogP contribution in [0.3, 0.4) is 0 Å².